The van der Waals surface area contributed by atoms with Crippen molar-refractivity contribution in [2.24, 2.45) is 0 Å². The molecule has 0 atom stereocenters. The number of benzene rings is 2. The molecule has 2 heterocycles. The Balaban J connectivity index is 1.34. The standard InChI is InChI=1S/C22H21FN4OS/c23-18-8-6-17(7-9-18)20(28)15-29-22-14-21(24-16-25-22)27-12-10-26(11-13-27)19-4-2-1-3-5-19/h1-9,14,16H,10-13,15H2. The summed E-state index contributed by atoms with van der Waals surface area (Å²) in [6.07, 6.45) is 1.55. The molecule has 0 N–H and O–H groups in total. The molecule has 4 rings (SSSR count). The van der Waals surface area contributed by atoms with Gasteiger partial charge in [0.1, 0.15) is 23.0 Å². The normalized spacial score (nSPS) is 14.1. The average molecular weight is 409 g/mol. The van der Waals surface area contributed by atoms with E-state index in [0.717, 1.165) is 37.0 Å². The molecule has 5 nitrogen and oxygen atoms in total. The number of ketones is 1. The van der Waals surface area contributed by atoms with Crippen LogP contribution in [-0.2, 0) is 0 Å². The Labute approximate surface area is 173 Å². The van der Waals surface area contributed by atoms with Gasteiger partial charge in [-0.2, -0.15) is 0 Å². The minimum absolute atomic E-state index is 0.0494. The molecule has 1 fully saturated rings. The highest BCUT2D eigenvalue weighted by Crippen LogP contribution is 2.23. The first-order chi connectivity index (χ1) is 14.2. The Hall–Kier alpha value is -2.93. The third-order valence-corrected chi connectivity index (χ3v) is 5.80. The smallest absolute Gasteiger partial charge is 0.173 e. The van der Waals surface area contributed by atoms with Crippen molar-refractivity contribution in [3.8, 4) is 0 Å². The number of nitrogens with zero attached hydrogens (tertiary/aromatic N) is 4. The molecule has 1 aliphatic heterocycles. The van der Waals surface area contributed by atoms with Gasteiger partial charge < -0.3 is 9.80 Å². The molecule has 1 aliphatic rings. The molecular weight excluding hydrogens is 387 g/mol. The lowest BCUT2D eigenvalue weighted by molar-refractivity contribution is 0.102. The van der Waals surface area contributed by atoms with Crippen molar-refractivity contribution in [1.82, 2.24) is 9.97 Å². The summed E-state index contributed by atoms with van der Waals surface area (Å²) < 4.78 is 13.0. The number of thioether (sulfide) groups is 1. The molecule has 29 heavy (non-hydrogen) atoms. The van der Waals surface area contributed by atoms with Crippen LogP contribution in [0.15, 0.2) is 72.0 Å². The molecule has 0 aliphatic carbocycles. The van der Waals surface area contributed by atoms with Crippen molar-refractivity contribution in [2.75, 3.05) is 41.7 Å². The average Bonchev–Trinajstić information content (AvgIpc) is 2.79. The minimum Gasteiger partial charge on any atom is -0.368 e. The van der Waals surface area contributed by atoms with Crippen LogP contribution in [0.25, 0.3) is 0 Å². The second kappa shape index (κ2) is 9.05. The van der Waals surface area contributed by atoms with Gasteiger partial charge in [0, 0.05) is 43.5 Å². The van der Waals surface area contributed by atoms with E-state index in [2.05, 4.69) is 44.0 Å². The van der Waals surface area contributed by atoms with Crippen molar-refractivity contribution >= 4 is 29.1 Å². The zero-order valence-corrected chi connectivity index (χ0v) is 16.7. The van der Waals surface area contributed by atoms with Gasteiger partial charge in [0.05, 0.1) is 5.75 Å². The number of para-hydroxylation sites is 1. The monoisotopic (exact) mass is 408 g/mol. The van der Waals surface area contributed by atoms with Crippen LogP contribution in [0.3, 0.4) is 0 Å². The van der Waals surface area contributed by atoms with Gasteiger partial charge >= 0.3 is 0 Å². The van der Waals surface area contributed by atoms with E-state index in [9.17, 15) is 9.18 Å². The Kier molecular flexibility index (Phi) is 6.05. The topological polar surface area (TPSA) is 49.3 Å². The zero-order valence-electron chi connectivity index (χ0n) is 15.9. The van der Waals surface area contributed by atoms with E-state index in [0.29, 0.717) is 5.56 Å². The van der Waals surface area contributed by atoms with Gasteiger partial charge in [-0.1, -0.05) is 30.0 Å². The van der Waals surface area contributed by atoms with Crippen molar-refractivity contribution < 1.29 is 9.18 Å². The summed E-state index contributed by atoms with van der Waals surface area (Å²) in [7, 11) is 0. The lowest BCUT2D eigenvalue weighted by atomic mass is 10.1. The Morgan fingerprint density at radius 3 is 2.34 bits per heavy atom. The van der Waals surface area contributed by atoms with Gasteiger partial charge in [0.2, 0.25) is 0 Å². The van der Waals surface area contributed by atoms with E-state index in [4.69, 9.17) is 0 Å². The number of hydrogen-bond donors (Lipinski definition) is 0. The fourth-order valence-electron chi connectivity index (χ4n) is 3.27. The number of aromatic nitrogens is 2. The van der Waals surface area contributed by atoms with E-state index in [1.807, 2.05) is 12.1 Å². The molecule has 1 aromatic heterocycles. The quantitative estimate of drug-likeness (QED) is 0.350. The van der Waals surface area contributed by atoms with Crippen LogP contribution < -0.4 is 9.80 Å². The number of halogens is 1. The van der Waals surface area contributed by atoms with Crippen LogP contribution in [0.5, 0.6) is 0 Å². The summed E-state index contributed by atoms with van der Waals surface area (Å²) in [5.41, 5.74) is 1.75. The number of rotatable bonds is 6. The van der Waals surface area contributed by atoms with Gasteiger partial charge in [-0.05, 0) is 36.4 Å². The predicted octanol–water partition coefficient (Wildman–Crippen LogP) is 3.92. The van der Waals surface area contributed by atoms with Crippen LogP contribution in [0.4, 0.5) is 15.9 Å². The summed E-state index contributed by atoms with van der Waals surface area (Å²) in [4.78, 5) is 25.6. The first kappa shape index (κ1) is 19.4. The highest BCUT2D eigenvalue weighted by Gasteiger charge is 2.19. The second-order valence-electron chi connectivity index (χ2n) is 6.74. The Morgan fingerprint density at radius 2 is 1.62 bits per heavy atom. The maximum absolute atomic E-state index is 13.0. The number of piperazine rings is 1. The van der Waals surface area contributed by atoms with E-state index < -0.39 is 0 Å². The van der Waals surface area contributed by atoms with Gasteiger partial charge in [0.15, 0.2) is 5.78 Å². The fraction of sp³-hybridized carbons (Fsp3) is 0.227. The maximum atomic E-state index is 13.0. The van der Waals surface area contributed by atoms with Gasteiger partial charge in [-0.15, -0.1) is 0 Å². The van der Waals surface area contributed by atoms with Gasteiger partial charge in [-0.3, -0.25) is 4.79 Å². The summed E-state index contributed by atoms with van der Waals surface area (Å²) in [6.45, 7) is 3.62. The van der Waals surface area contributed by atoms with Crippen molar-refractivity contribution in [3.05, 3.63) is 78.4 Å². The molecule has 0 amide bonds. The van der Waals surface area contributed by atoms with Gasteiger partial charge in [0.25, 0.3) is 0 Å². The third-order valence-electron chi connectivity index (χ3n) is 4.87. The number of carbonyl (C=O) groups excluding carboxylic acids is 1. The summed E-state index contributed by atoms with van der Waals surface area (Å²) in [5, 5.41) is 0.760. The molecule has 0 unspecified atom stereocenters. The fourth-order valence-corrected chi connectivity index (χ4v) is 4.03. The lowest BCUT2D eigenvalue weighted by Gasteiger charge is -2.36. The van der Waals surface area contributed by atoms with E-state index in [-0.39, 0.29) is 17.4 Å². The maximum Gasteiger partial charge on any atom is 0.173 e. The number of hydrogen-bond acceptors (Lipinski definition) is 6. The highest BCUT2D eigenvalue weighted by atomic mass is 32.2. The van der Waals surface area contributed by atoms with Crippen LogP contribution >= 0.6 is 11.8 Å². The third kappa shape index (κ3) is 4.92. The molecule has 7 heteroatoms. The molecular formula is C22H21FN4OS. The van der Waals surface area contributed by atoms with Crippen LogP contribution in [-0.4, -0.2) is 47.7 Å². The van der Waals surface area contributed by atoms with Crippen LogP contribution in [0.1, 0.15) is 10.4 Å². The first-order valence-electron chi connectivity index (χ1n) is 9.47. The van der Waals surface area contributed by atoms with Crippen LogP contribution in [0, 0.1) is 5.82 Å². The van der Waals surface area contributed by atoms with E-state index >= 15 is 0 Å². The van der Waals surface area contributed by atoms with E-state index in [1.165, 1.54) is 41.7 Å². The number of carbonyl (C=O) groups is 1. The van der Waals surface area contributed by atoms with Crippen molar-refractivity contribution in [2.45, 2.75) is 5.03 Å². The minimum atomic E-state index is -0.345. The summed E-state index contributed by atoms with van der Waals surface area (Å²) in [5.74, 6) is 0.738. The van der Waals surface area contributed by atoms with Crippen molar-refractivity contribution in [1.29, 1.82) is 0 Å². The Bertz CT molecular complexity index is 960. The summed E-state index contributed by atoms with van der Waals surface area (Å²) in [6, 6.07) is 18.0. The Morgan fingerprint density at radius 1 is 0.931 bits per heavy atom. The molecule has 3 aromatic rings. The van der Waals surface area contributed by atoms with E-state index in [1.54, 1.807) is 6.33 Å². The van der Waals surface area contributed by atoms with Crippen LogP contribution in [0.2, 0.25) is 0 Å². The molecule has 0 bridgehead atoms. The zero-order chi connectivity index (χ0) is 20.1. The molecule has 0 radical (unpaired) electrons. The number of anilines is 2. The first-order valence-corrected chi connectivity index (χ1v) is 10.5. The SMILES string of the molecule is O=C(CSc1cc(N2CCN(c3ccccc3)CC2)ncn1)c1ccc(F)cc1. The largest absolute Gasteiger partial charge is 0.368 e. The number of Topliss-reactive ketones (excluding diaryl/α,β-unsaturated/α-hetero) is 1. The highest BCUT2D eigenvalue weighted by molar-refractivity contribution is 7.99. The second-order valence-corrected chi connectivity index (χ2v) is 7.74. The molecule has 1 saturated heterocycles. The molecule has 148 valence electrons. The van der Waals surface area contributed by atoms with Gasteiger partial charge in [-0.25, -0.2) is 14.4 Å². The molecule has 0 saturated carbocycles. The predicted molar refractivity (Wildman–Crippen MR) is 114 cm³/mol. The molecule has 2 aromatic carbocycles. The summed E-state index contributed by atoms with van der Waals surface area (Å²) >= 11 is 1.37. The molecule has 0 spiro atoms. The lowest BCUT2D eigenvalue weighted by Crippen LogP contribution is -2.46. The van der Waals surface area contributed by atoms with Crippen molar-refractivity contribution in [3.63, 3.8) is 0 Å².